The first kappa shape index (κ1) is 14.0. The fourth-order valence-electron chi connectivity index (χ4n) is 2.27. The second kappa shape index (κ2) is 5.69. The lowest BCUT2D eigenvalue weighted by molar-refractivity contribution is 0.539. The largest absolute Gasteiger partial charge is 0.309 e. The molecule has 6 heteroatoms. The Morgan fingerprint density at radius 2 is 2.22 bits per heavy atom. The Labute approximate surface area is 116 Å². The minimum Gasteiger partial charge on any atom is -0.309 e. The van der Waals surface area contributed by atoms with E-state index in [2.05, 4.69) is 38.1 Å². The predicted molar refractivity (Wildman–Crippen MR) is 76.1 cm³/mol. The lowest BCUT2D eigenvalue weighted by Gasteiger charge is -2.14. The summed E-state index contributed by atoms with van der Waals surface area (Å²) in [5, 5.41) is 3.31. The highest BCUT2D eigenvalue weighted by Crippen LogP contribution is 2.32. The molecular formula is C12H17BrN2O2S. The topological polar surface area (TPSA) is 58.2 Å². The van der Waals surface area contributed by atoms with E-state index in [0.717, 1.165) is 17.3 Å². The average Bonchev–Trinajstić information content (AvgIpc) is 2.71. The first-order chi connectivity index (χ1) is 8.52. The molecule has 4 nitrogen and oxygen atoms in total. The number of halogens is 1. The van der Waals surface area contributed by atoms with E-state index in [1.165, 1.54) is 18.2 Å². The Kier molecular flexibility index (Phi) is 4.42. The van der Waals surface area contributed by atoms with Crippen molar-refractivity contribution >= 4 is 26.0 Å². The van der Waals surface area contributed by atoms with Crippen LogP contribution in [-0.2, 0) is 16.4 Å². The van der Waals surface area contributed by atoms with Crippen LogP contribution >= 0.6 is 15.9 Å². The van der Waals surface area contributed by atoms with Gasteiger partial charge in [-0.3, -0.25) is 0 Å². The number of hydrogen-bond donors (Lipinski definition) is 2. The second-order valence-corrected chi connectivity index (χ2v) is 7.37. The van der Waals surface area contributed by atoms with Crippen molar-refractivity contribution < 1.29 is 8.42 Å². The third kappa shape index (κ3) is 3.32. The number of fused-ring (bicyclic) bond motifs is 1. The molecule has 0 saturated carbocycles. The van der Waals surface area contributed by atoms with Crippen molar-refractivity contribution in [2.75, 3.05) is 19.3 Å². The van der Waals surface area contributed by atoms with E-state index in [4.69, 9.17) is 0 Å². The maximum atomic E-state index is 11.3. The van der Waals surface area contributed by atoms with Gasteiger partial charge in [0.25, 0.3) is 0 Å². The molecule has 0 amide bonds. The molecule has 1 atom stereocenters. The summed E-state index contributed by atoms with van der Waals surface area (Å²) in [6.45, 7) is 0.476. The molecule has 0 spiro atoms. The standard InChI is InChI=1S/C12H17BrN2O2S/c1-14-18(16,17)7-6-15-12-5-2-9-8-10(13)3-4-11(9)12/h3-4,8,12,14-15H,2,5-7H2,1H3. The SMILES string of the molecule is CNS(=O)(=O)CCNC1CCc2cc(Br)ccc21. The van der Waals surface area contributed by atoms with Gasteiger partial charge >= 0.3 is 0 Å². The number of benzene rings is 1. The Hall–Kier alpha value is -0.430. The summed E-state index contributed by atoms with van der Waals surface area (Å²) < 4.78 is 26.0. The van der Waals surface area contributed by atoms with Crippen LogP contribution in [0.1, 0.15) is 23.6 Å². The molecule has 1 aromatic carbocycles. The van der Waals surface area contributed by atoms with Crippen molar-refractivity contribution in [3.8, 4) is 0 Å². The van der Waals surface area contributed by atoms with Crippen LogP contribution in [0.25, 0.3) is 0 Å². The molecule has 100 valence electrons. The molecule has 0 aliphatic heterocycles. The third-order valence-electron chi connectivity index (χ3n) is 3.26. The molecule has 1 unspecified atom stereocenters. The molecule has 0 saturated heterocycles. The van der Waals surface area contributed by atoms with Crippen molar-refractivity contribution in [1.82, 2.24) is 10.0 Å². The summed E-state index contributed by atoms with van der Waals surface area (Å²) >= 11 is 3.46. The molecule has 1 aromatic rings. The molecular weight excluding hydrogens is 316 g/mol. The van der Waals surface area contributed by atoms with Crippen LogP contribution in [0.15, 0.2) is 22.7 Å². The Bertz CT molecular complexity index is 531. The quantitative estimate of drug-likeness (QED) is 0.860. The van der Waals surface area contributed by atoms with Crippen molar-refractivity contribution in [3.63, 3.8) is 0 Å². The van der Waals surface area contributed by atoms with E-state index < -0.39 is 10.0 Å². The van der Waals surface area contributed by atoms with Crippen molar-refractivity contribution in [1.29, 1.82) is 0 Å². The number of aryl methyl sites for hydroxylation is 1. The van der Waals surface area contributed by atoms with Crippen LogP contribution < -0.4 is 10.0 Å². The Balaban J connectivity index is 1.94. The maximum Gasteiger partial charge on any atom is 0.212 e. The van der Waals surface area contributed by atoms with E-state index in [9.17, 15) is 8.42 Å². The molecule has 2 N–H and O–H groups in total. The number of sulfonamides is 1. The average molecular weight is 333 g/mol. The van der Waals surface area contributed by atoms with Gasteiger partial charge in [-0.15, -0.1) is 0 Å². The molecule has 1 aliphatic carbocycles. The minimum atomic E-state index is -3.12. The van der Waals surface area contributed by atoms with Crippen LogP contribution in [0.2, 0.25) is 0 Å². The van der Waals surface area contributed by atoms with E-state index in [1.54, 1.807) is 0 Å². The molecule has 0 aromatic heterocycles. The number of rotatable bonds is 5. The zero-order chi connectivity index (χ0) is 13.2. The van der Waals surface area contributed by atoms with Crippen LogP contribution in [0.3, 0.4) is 0 Å². The first-order valence-electron chi connectivity index (χ1n) is 5.95. The summed E-state index contributed by atoms with van der Waals surface area (Å²) in [6, 6.07) is 6.56. The van der Waals surface area contributed by atoms with Gasteiger partial charge in [0.15, 0.2) is 0 Å². The van der Waals surface area contributed by atoms with Crippen LogP contribution in [-0.4, -0.2) is 27.8 Å². The Morgan fingerprint density at radius 3 is 2.94 bits per heavy atom. The molecule has 0 radical (unpaired) electrons. The highest BCUT2D eigenvalue weighted by Gasteiger charge is 2.22. The van der Waals surface area contributed by atoms with Crippen LogP contribution in [0.4, 0.5) is 0 Å². The maximum absolute atomic E-state index is 11.3. The van der Waals surface area contributed by atoms with E-state index in [-0.39, 0.29) is 11.8 Å². The van der Waals surface area contributed by atoms with Gasteiger partial charge in [0.1, 0.15) is 0 Å². The van der Waals surface area contributed by atoms with Gasteiger partial charge in [-0.2, -0.15) is 0 Å². The van der Waals surface area contributed by atoms with Gasteiger partial charge < -0.3 is 5.32 Å². The lowest BCUT2D eigenvalue weighted by Crippen LogP contribution is -2.31. The van der Waals surface area contributed by atoms with Gasteiger partial charge in [0.05, 0.1) is 5.75 Å². The summed E-state index contributed by atoms with van der Waals surface area (Å²) in [5.74, 6) is 0.117. The zero-order valence-electron chi connectivity index (χ0n) is 10.2. The second-order valence-electron chi connectivity index (χ2n) is 4.41. The lowest BCUT2D eigenvalue weighted by atomic mass is 10.1. The highest BCUT2D eigenvalue weighted by atomic mass is 79.9. The number of hydrogen-bond acceptors (Lipinski definition) is 3. The summed E-state index contributed by atoms with van der Waals surface area (Å²) in [6.07, 6.45) is 2.08. The summed E-state index contributed by atoms with van der Waals surface area (Å²) in [4.78, 5) is 0. The summed E-state index contributed by atoms with van der Waals surface area (Å²) in [5.41, 5.74) is 2.64. The van der Waals surface area contributed by atoms with Gasteiger partial charge in [-0.25, -0.2) is 13.1 Å². The zero-order valence-corrected chi connectivity index (χ0v) is 12.6. The molecule has 2 rings (SSSR count). The fraction of sp³-hybridized carbons (Fsp3) is 0.500. The van der Waals surface area contributed by atoms with E-state index >= 15 is 0 Å². The third-order valence-corrected chi connectivity index (χ3v) is 5.11. The van der Waals surface area contributed by atoms with Crippen LogP contribution in [0.5, 0.6) is 0 Å². The van der Waals surface area contributed by atoms with Crippen molar-refractivity contribution in [2.45, 2.75) is 18.9 Å². The van der Waals surface area contributed by atoms with Crippen LogP contribution in [0, 0.1) is 0 Å². The monoisotopic (exact) mass is 332 g/mol. The molecule has 0 heterocycles. The first-order valence-corrected chi connectivity index (χ1v) is 8.39. The fourth-order valence-corrected chi connectivity index (χ4v) is 3.27. The molecule has 18 heavy (non-hydrogen) atoms. The smallest absolute Gasteiger partial charge is 0.212 e. The van der Waals surface area contributed by atoms with Gasteiger partial charge in [-0.05, 0) is 43.1 Å². The summed E-state index contributed by atoms with van der Waals surface area (Å²) in [7, 11) is -1.67. The van der Waals surface area contributed by atoms with Gasteiger partial charge in [0.2, 0.25) is 10.0 Å². The molecule has 0 bridgehead atoms. The van der Waals surface area contributed by atoms with E-state index in [1.807, 2.05) is 6.07 Å². The van der Waals surface area contributed by atoms with E-state index in [0.29, 0.717) is 6.54 Å². The Morgan fingerprint density at radius 1 is 1.44 bits per heavy atom. The predicted octanol–water partition coefficient (Wildman–Crippen LogP) is 1.58. The van der Waals surface area contributed by atoms with Gasteiger partial charge in [0, 0.05) is 17.1 Å². The van der Waals surface area contributed by atoms with Crippen molar-refractivity contribution in [3.05, 3.63) is 33.8 Å². The molecule has 0 fully saturated rings. The number of nitrogens with one attached hydrogen (secondary N) is 2. The van der Waals surface area contributed by atoms with Gasteiger partial charge in [-0.1, -0.05) is 22.0 Å². The molecule has 1 aliphatic rings. The normalized spacial score (nSPS) is 18.9. The highest BCUT2D eigenvalue weighted by molar-refractivity contribution is 9.10. The minimum absolute atomic E-state index is 0.117. The van der Waals surface area contributed by atoms with Crippen molar-refractivity contribution in [2.24, 2.45) is 0 Å².